The molecule has 2 aliphatic rings. The first-order chi connectivity index (χ1) is 19.6. The number of nitrogens with one attached hydrogen (secondary N) is 1. The van der Waals surface area contributed by atoms with Crippen LogP contribution < -0.4 is 14.4 Å². The van der Waals surface area contributed by atoms with Gasteiger partial charge in [-0.25, -0.2) is 13.4 Å². The third-order valence-corrected chi connectivity index (χ3v) is 9.28. The largest absolute Gasteiger partial charge is 0.476 e. The van der Waals surface area contributed by atoms with Crippen LogP contribution in [-0.4, -0.2) is 63.5 Å². The highest BCUT2D eigenvalue weighted by Gasteiger charge is 2.59. The van der Waals surface area contributed by atoms with E-state index in [1.165, 1.54) is 0 Å². The summed E-state index contributed by atoms with van der Waals surface area (Å²) in [5, 5.41) is 0.931. The SMILES string of the molecule is Cc1ccc(S(=O)(=O)Nc2cc(-c3ccc4ncc5c(c4c3)C3(CC3)C(=O)N5C)cnc2OCCCN(C)C)cc1. The number of ether oxygens (including phenoxy) is 1. The lowest BCUT2D eigenvalue weighted by molar-refractivity contribution is -0.119. The highest BCUT2D eigenvalue weighted by atomic mass is 32.2. The molecule has 1 fully saturated rings. The van der Waals surface area contributed by atoms with Crippen LogP contribution in [0.4, 0.5) is 11.4 Å². The van der Waals surface area contributed by atoms with Gasteiger partial charge >= 0.3 is 0 Å². The second kappa shape index (κ2) is 10.1. The zero-order valence-electron chi connectivity index (χ0n) is 23.6. The summed E-state index contributed by atoms with van der Waals surface area (Å²) >= 11 is 0. The molecule has 0 bridgehead atoms. The van der Waals surface area contributed by atoms with Gasteiger partial charge in [-0.15, -0.1) is 0 Å². The van der Waals surface area contributed by atoms with Crippen LogP contribution >= 0.6 is 0 Å². The van der Waals surface area contributed by atoms with E-state index in [1.54, 1.807) is 54.7 Å². The second-order valence-electron chi connectivity index (χ2n) is 11.2. The maximum atomic E-state index is 13.3. The number of benzene rings is 2. The number of aromatic nitrogens is 2. The number of amides is 1. The lowest BCUT2D eigenvalue weighted by atomic mass is 9.92. The Hall–Kier alpha value is -4.02. The number of fused-ring (bicyclic) bond motifs is 4. The normalized spacial score (nSPS) is 15.5. The van der Waals surface area contributed by atoms with Crippen molar-refractivity contribution in [2.45, 2.75) is 36.5 Å². The van der Waals surface area contributed by atoms with Crippen LogP contribution in [0.1, 0.15) is 30.4 Å². The van der Waals surface area contributed by atoms with E-state index in [2.05, 4.69) is 19.6 Å². The van der Waals surface area contributed by atoms with Crippen LogP contribution in [0.15, 0.2) is 65.8 Å². The Morgan fingerprint density at radius 2 is 1.78 bits per heavy atom. The highest BCUT2D eigenvalue weighted by molar-refractivity contribution is 7.92. The Labute approximate surface area is 240 Å². The molecule has 10 heteroatoms. The van der Waals surface area contributed by atoms with Crippen molar-refractivity contribution in [2.24, 2.45) is 0 Å². The molecule has 41 heavy (non-hydrogen) atoms. The molecule has 2 aromatic heterocycles. The van der Waals surface area contributed by atoms with Crippen LogP contribution in [0.2, 0.25) is 0 Å². The molecule has 0 radical (unpaired) electrons. The molecular formula is C31H33N5O4S. The second-order valence-corrected chi connectivity index (χ2v) is 12.9. The topological polar surface area (TPSA) is 105 Å². The molecule has 3 heterocycles. The fourth-order valence-corrected chi connectivity index (χ4v) is 6.56. The molecule has 1 spiro atoms. The summed E-state index contributed by atoms with van der Waals surface area (Å²) in [4.78, 5) is 26.1. The zero-order valence-corrected chi connectivity index (χ0v) is 24.5. The molecule has 2 aromatic carbocycles. The average molecular weight is 572 g/mol. The fraction of sp³-hybridized carbons (Fsp3) is 0.323. The lowest BCUT2D eigenvalue weighted by Gasteiger charge is -2.16. The highest BCUT2D eigenvalue weighted by Crippen LogP contribution is 2.58. The first kappa shape index (κ1) is 27.2. The van der Waals surface area contributed by atoms with E-state index < -0.39 is 15.4 Å². The minimum atomic E-state index is -3.89. The van der Waals surface area contributed by atoms with Gasteiger partial charge in [0.25, 0.3) is 10.0 Å². The molecule has 1 amide bonds. The van der Waals surface area contributed by atoms with Crippen molar-refractivity contribution < 1.29 is 17.9 Å². The van der Waals surface area contributed by atoms with E-state index in [-0.39, 0.29) is 22.4 Å². The Bertz CT molecular complexity index is 1770. The number of carbonyl (C=O) groups excluding carboxylic acids is 1. The van der Waals surface area contributed by atoms with Crippen molar-refractivity contribution in [2.75, 3.05) is 43.9 Å². The molecule has 0 unspecified atom stereocenters. The summed E-state index contributed by atoms with van der Waals surface area (Å²) in [6.07, 6.45) is 5.90. The lowest BCUT2D eigenvalue weighted by Crippen LogP contribution is -2.28. The molecule has 1 saturated carbocycles. The van der Waals surface area contributed by atoms with E-state index in [4.69, 9.17) is 4.74 Å². The van der Waals surface area contributed by atoms with Crippen LogP contribution in [0.5, 0.6) is 5.88 Å². The number of pyridine rings is 2. The number of rotatable bonds is 9. The molecule has 1 N–H and O–H groups in total. The summed E-state index contributed by atoms with van der Waals surface area (Å²) in [7, 11) is 1.89. The summed E-state index contributed by atoms with van der Waals surface area (Å²) in [6, 6.07) is 14.3. The van der Waals surface area contributed by atoms with Gasteiger partial charge in [-0.2, -0.15) is 0 Å². The fourth-order valence-electron chi connectivity index (χ4n) is 5.51. The van der Waals surface area contributed by atoms with Gasteiger partial charge in [0.1, 0.15) is 5.69 Å². The summed E-state index contributed by atoms with van der Waals surface area (Å²) < 4.78 is 35.3. The molecule has 6 rings (SSSR count). The van der Waals surface area contributed by atoms with Crippen molar-refractivity contribution in [1.82, 2.24) is 14.9 Å². The maximum Gasteiger partial charge on any atom is 0.262 e. The molecule has 0 saturated heterocycles. The number of nitrogens with zero attached hydrogens (tertiary/aromatic N) is 4. The Morgan fingerprint density at radius 1 is 1.02 bits per heavy atom. The Kier molecular flexibility index (Phi) is 6.70. The summed E-state index contributed by atoms with van der Waals surface area (Å²) in [5.74, 6) is 0.341. The van der Waals surface area contributed by atoms with E-state index in [0.29, 0.717) is 12.2 Å². The van der Waals surface area contributed by atoms with Gasteiger partial charge < -0.3 is 14.5 Å². The van der Waals surface area contributed by atoms with Crippen LogP contribution in [0.25, 0.3) is 22.0 Å². The smallest absolute Gasteiger partial charge is 0.262 e. The van der Waals surface area contributed by atoms with Gasteiger partial charge in [-0.1, -0.05) is 23.8 Å². The molecule has 1 aliphatic carbocycles. The number of anilines is 2. The van der Waals surface area contributed by atoms with Gasteiger partial charge in [-0.05, 0) is 76.2 Å². The van der Waals surface area contributed by atoms with Crippen molar-refractivity contribution in [3.05, 3.63) is 72.1 Å². The quantitative estimate of drug-likeness (QED) is 0.289. The van der Waals surface area contributed by atoms with E-state index >= 15 is 0 Å². The minimum absolute atomic E-state index is 0.123. The molecule has 0 atom stereocenters. The Morgan fingerprint density at radius 3 is 2.49 bits per heavy atom. The van der Waals surface area contributed by atoms with Gasteiger partial charge in [0, 0.05) is 36.3 Å². The third kappa shape index (κ3) is 4.91. The van der Waals surface area contributed by atoms with Gasteiger partial charge in [0.2, 0.25) is 11.8 Å². The molecule has 9 nitrogen and oxygen atoms in total. The summed E-state index contributed by atoms with van der Waals surface area (Å²) in [6.45, 7) is 3.13. The number of hydrogen-bond acceptors (Lipinski definition) is 7. The number of carbonyl (C=O) groups is 1. The molecule has 1 aliphatic heterocycles. The number of hydrogen-bond donors (Lipinski definition) is 1. The van der Waals surface area contributed by atoms with E-state index in [0.717, 1.165) is 59.1 Å². The third-order valence-electron chi connectivity index (χ3n) is 7.90. The Balaban J connectivity index is 1.39. The number of likely N-dealkylation sites (N-methyl/N-ethyl adjacent to an activating group) is 1. The van der Waals surface area contributed by atoms with Crippen LogP contribution in [-0.2, 0) is 20.2 Å². The number of sulfonamides is 1. The maximum absolute atomic E-state index is 13.3. The molecule has 4 aromatic rings. The number of aryl methyl sites for hydroxylation is 1. The first-order valence-corrected chi connectivity index (χ1v) is 15.2. The zero-order chi connectivity index (χ0) is 28.9. The summed E-state index contributed by atoms with van der Waals surface area (Å²) in [5.41, 5.74) is 5.03. The monoisotopic (exact) mass is 571 g/mol. The van der Waals surface area contributed by atoms with Crippen LogP contribution in [0.3, 0.4) is 0 Å². The van der Waals surface area contributed by atoms with Gasteiger partial charge in [0.15, 0.2) is 0 Å². The van der Waals surface area contributed by atoms with Gasteiger partial charge in [0.05, 0.1) is 34.3 Å². The van der Waals surface area contributed by atoms with E-state index in [9.17, 15) is 13.2 Å². The van der Waals surface area contributed by atoms with Crippen molar-refractivity contribution >= 4 is 38.2 Å². The molecular weight excluding hydrogens is 538 g/mol. The van der Waals surface area contributed by atoms with Crippen molar-refractivity contribution in [3.63, 3.8) is 0 Å². The van der Waals surface area contributed by atoms with Crippen LogP contribution in [0, 0.1) is 6.92 Å². The predicted molar refractivity (Wildman–Crippen MR) is 160 cm³/mol. The van der Waals surface area contributed by atoms with E-state index in [1.807, 2.05) is 39.2 Å². The van der Waals surface area contributed by atoms with Crippen molar-refractivity contribution in [3.8, 4) is 17.0 Å². The van der Waals surface area contributed by atoms with Crippen molar-refractivity contribution in [1.29, 1.82) is 0 Å². The first-order valence-electron chi connectivity index (χ1n) is 13.7. The standard InChI is InChI=1S/C31H33N5O4S/c1-20-6-9-23(10-7-20)41(38,39)34-26-17-22(18-33-29(26)40-15-5-14-35(2)3)21-8-11-25-24(16-21)28-27(19-32-25)36(4)30(37)31(28)12-13-31/h6-11,16-19,34H,5,12-15H2,1-4H3. The predicted octanol–water partition coefficient (Wildman–Crippen LogP) is 4.74. The molecule has 212 valence electrons. The van der Waals surface area contributed by atoms with Gasteiger partial charge in [-0.3, -0.25) is 14.5 Å². The average Bonchev–Trinajstić information content (AvgIpc) is 3.72. The minimum Gasteiger partial charge on any atom is -0.476 e.